The number of aromatic nitrogens is 4. The first-order valence-corrected chi connectivity index (χ1v) is 6.23. The molecule has 2 rings (SSSR count). The number of unbranched alkanes of at least 4 members (excludes halogenated alkanes) is 1. The van der Waals surface area contributed by atoms with Crippen LogP contribution >= 0.6 is 0 Å². The Balaban J connectivity index is 2.15. The number of aryl methyl sites for hydroxylation is 1. The van der Waals surface area contributed by atoms with Gasteiger partial charge in [-0.05, 0) is 13.3 Å². The second-order valence-corrected chi connectivity index (χ2v) is 4.27. The van der Waals surface area contributed by atoms with E-state index >= 15 is 0 Å². The Hall–Kier alpha value is -2.18. The van der Waals surface area contributed by atoms with Crippen LogP contribution in [-0.2, 0) is 16.1 Å². The SMILES string of the molecule is CCCCOC(=O)Cn1ncc2c(N)nc(C)nc21. The number of esters is 1. The smallest absolute Gasteiger partial charge is 0.327 e. The Morgan fingerprint density at radius 1 is 1.47 bits per heavy atom. The van der Waals surface area contributed by atoms with Gasteiger partial charge in [-0.25, -0.2) is 14.6 Å². The fraction of sp³-hybridized carbons (Fsp3) is 0.500. The van der Waals surface area contributed by atoms with Gasteiger partial charge in [0.15, 0.2) is 5.65 Å². The maximum Gasteiger partial charge on any atom is 0.327 e. The molecule has 2 N–H and O–H groups in total. The first-order valence-electron chi connectivity index (χ1n) is 6.23. The molecular weight excluding hydrogens is 246 g/mol. The molecule has 0 saturated heterocycles. The van der Waals surface area contributed by atoms with E-state index in [1.54, 1.807) is 13.1 Å². The first-order chi connectivity index (χ1) is 9.11. The molecule has 0 spiro atoms. The highest BCUT2D eigenvalue weighted by molar-refractivity contribution is 5.85. The van der Waals surface area contributed by atoms with Crippen LogP contribution in [0.25, 0.3) is 11.0 Å². The van der Waals surface area contributed by atoms with Crippen LogP contribution in [-0.4, -0.2) is 32.3 Å². The molecule has 0 aliphatic rings. The molecule has 0 radical (unpaired) electrons. The standard InChI is InChI=1S/C12H17N5O2/c1-3-4-5-19-10(18)7-17-12-9(6-14-17)11(13)15-8(2)16-12/h6H,3-5,7H2,1-2H3,(H2,13,15,16). The predicted molar refractivity (Wildman–Crippen MR) is 70.3 cm³/mol. The van der Waals surface area contributed by atoms with Gasteiger partial charge < -0.3 is 10.5 Å². The molecule has 2 aromatic heterocycles. The van der Waals surface area contributed by atoms with Gasteiger partial charge in [0, 0.05) is 0 Å². The van der Waals surface area contributed by atoms with Crippen LogP contribution in [0, 0.1) is 6.92 Å². The van der Waals surface area contributed by atoms with E-state index in [4.69, 9.17) is 10.5 Å². The molecule has 7 nitrogen and oxygen atoms in total. The summed E-state index contributed by atoms with van der Waals surface area (Å²) in [7, 11) is 0. The summed E-state index contributed by atoms with van der Waals surface area (Å²) in [5.74, 6) is 0.590. The van der Waals surface area contributed by atoms with Gasteiger partial charge in [0.05, 0.1) is 18.2 Å². The number of ether oxygens (including phenoxy) is 1. The zero-order valence-corrected chi connectivity index (χ0v) is 11.1. The number of hydrogen-bond donors (Lipinski definition) is 1. The summed E-state index contributed by atoms with van der Waals surface area (Å²) < 4.78 is 6.57. The number of fused-ring (bicyclic) bond motifs is 1. The third-order valence-electron chi connectivity index (χ3n) is 2.68. The Kier molecular flexibility index (Phi) is 3.94. The van der Waals surface area contributed by atoms with Crippen LogP contribution in [0.5, 0.6) is 0 Å². The van der Waals surface area contributed by atoms with Gasteiger partial charge >= 0.3 is 5.97 Å². The van der Waals surface area contributed by atoms with Crippen molar-refractivity contribution in [2.24, 2.45) is 0 Å². The van der Waals surface area contributed by atoms with Crippen molar-refractivity contribution in [3.8, 4) is 0 Å². The van der Waals surface area contributed by atoms with Crippen molar-refractivity contribution in [3.05, 3.63) is 12.0 Å². The van der Waals surface area contributed by atoms with Crippen LogP contribution in [0.2, 0.25) is 0 Å². The lowest BCUT2D eigenvalue weighted by Crippen LogP contribution is -2.15. The van der Waals surface area contributed by atoms with Crippen LogP contribution in [0.4, 0.5) is 5.82 Å². The topological polar surface area (TPSA) is 95.9 Å². The minimum Gasteiger partial charge on any atom is -0.464 e. The van der Waals surface area contributed by atoms with Gasteiger partial charge in [-0.1, -0.05) is 13.3 Å². The highest BCUT2D eigenvalue weighted by atomic mass is 16.5. The molecule has 0 fully saturated rings. The Bertz CT molecular complexity index is 593. The van der Waals surface area contributed by atoms with E-state index in [1.807, 2.05) is 6.92 Å². The molecule has 0 atom stereocenters. The van der Waals surface area contributed by atoms with Crippen molar-refractivity contribution in [2.45, 2.75) is 33.2 Å². The molecule has 2 aromatic rings. The van der Waals surface area contributed by atoms with Crippen molar-refractivity contribution in [3.63, 3.8) is 0 Å². The molecule has 0 aliphatic carbocycles. The third kappa shape index (κ3) is 2.98. The lowest BCUT2D eigenvalue weighted by molar-refractivity contribution is -0.144. The maximum absolute atomic E-state index is 11.6. The molecule has 2 heterocycles. The van der Waals surface area contributed by atoms with E-state index in [9.17, 15) is 4.79 Å². The zero-order chi connectivity index (χ0) is 13.8. The van der Waals surface area contributed by atoms with Crippen molar-refractivity contribution in [1.29, 1.82) is 0 Å². The second kappa shape index (κ2) is 5.64. The summed E-state index contributed by atoms with van der Waals surface area (Å²) in [6.45, 7) is 4.25. The fourth-order valence-corrected chi connectivity index (χ4v) is 1.70. The Labute approximate surface area is 110 Å². The number of nitrogens with two attached hydrogens (primary N) is 1. The number of nitrogen functional groups attached to an aromatic ring is 1. The molecule has 0 amide bonds. The summed E-state index contributed by atoms with van der Waals surface area (Å²) >= 11 is 0. The lowest BCUT2D eigenvalue weighted by Gasteiger charge is -2.05. The third-order valence-corrected chi connectivity index (χ3v) is 2.68. The molecule has 7 heteroatoms. The number of anilines is 1. The summed E-state index contributed by atoms with van der Waals surface area (Å²) in [5.41, 5.74) is 6.33. The molecule has 0 saturated carbocycles. The minimum absolute atomic E-state index is 0.0309. The van der Waals surface area contributed by atoms with Crippen molar-refractivity contribution in [1.82, 2.24) is 19.7 Å². The van der Waals surface area contributed by atoms with Gasteiger partial charge in [-0.15, -0.1) is 0 Å². The van der Waals surface area contributed by atoms with Crippen molar-refractivity contribution < 1.29 is 9.53 Å². The molecule has 0 aliphatic heterocycles. The van der Waals surface area contributed by atoms with E-state index in [2.05, 4.69) is 15.1 Å². The van der Waals surface area contributed by atoms with E-state index < -0.39 is 0 Å². The Morgan fingerprint density at radius 3 is 3.00 bits per heavy atom. The first kappa shape index (κ1) is 13.3. The van der Waals surface area contributed by atoms with Gasteiger partial charge in [0.2, 0.25) is 0 Å². The molecular formula is C12H17N5O2. The number of nitrogens with zero attached hydrogens (tertiary/aromatic N) is 4. The average Bonchev–Trinajstić information content (AvgIpc) is 2.73. The number of hydrogen-bond acceptors (Lipinski definition) is 6. The lowest BCUT2D eigenvalue weighted by atomic mass is 10.4. The van der Waals surface area contributed by atoms with E-state index in [-0.39, 0.29) is 12.5 Å². The van der Waals surface area contributed by atoms with Crippen LogP contribution in [0.3, 0.4) is 0 Å². The average molecular weight is 263 g/mol. The maximum atomic E-state index is 11.6. The quantitative estimate of drug-likeness (QED) is 0.640. The highest BCUT2D eigenvalue weighted by Crippen LogP contribution is 2.16. The molecule has 102 valence electrons. The van der Waals surface area contributed by atoms with E-state index in [0.29, 0.717) is 29.3 Å². The van der Waals surface area contributed by atoms with Crippen LogP contribution in [0.15, 0.2) is 6.20 Å². The predicted octanol–water partition coefficient (Wildman–Crippen LogP) is 1.06. The van der Waals surface area contributed by atoms with Crippen molar-refractivity contribution in [2.75, 3.05) is 12.3 Å². The Morgan fingerprint density at radius 2 is 2.26 bits per heavy atom. The van der Waals surface area contributed by atoms with Crippen LogP contribution < -0.4 is 5.73 Å². The molecule has 19 heavy (non-hydrogen) atoms. The second-order valence-electron chi connectivity index (χ2n) is 4.27. The fourth-order valence-electron chi connectivity index (χ4n) is 1.70. The monoisotopic (exact) mass is 263 g/mol. The van der Waals surface area contributed by atoms with Crippen molar-refractivity contribution >= 4 is 22.8 Å². The van der Waals surface area contributed by atoms with Gasteiger partial charge in [0.25, 0.3) is 0 Å². The number of carbonyl (C=O) groups excluding carboxylic acids is 1. The summed E-state index contributed by atoms with van der Waals surface area (Å²) in [4.78, 5) is 19.9. The summed E-state index contributed by atoms with van der Waals surface area (Å²) in [5, 5.41) is 4.74. The van der Waals surface area contributed by atoms with E-state index in [1.165, 1.54) is 4.68 Å². The highest BCUT2D eigenvalue weighted by Gasteiger charge is 2.12. The molecule has 0 aromatic carbocycles. The largest absolute Gasteiger partial charge is 0.464 e. The normalized spacial score (nSPS) is 10.8. The molecule has 0 bridgehead atoms. The van der Waals surface area contributed by atoms with E-state index in [0.717, 1.165) is 12.8 Å². The van der Waals surface area contributed by atoms with Crippen LogP contribution in [0.1, 0.15) is 25.6 Å². The van der Waals surface area contributed by atoms with Gasteiger partial charge in [-0.2, -0.15) is 5.10 Å². The minimum atomic E-state index is -0.326. The zero-order valence-electron chi connectivity index (χ0n) is 11.1. The molecule has 0 unspecified atom stereocenters. The van der Waals surface area contributed by atoms with Gasteiger partial charge in [-0.3, -0.25) is 4.79 Å². The number of rotatable bonds is 5. The van der Waals surface area contributed by atoms with Gasteiger partial charge in [0.1, 0.15) is 18.2 Å². The number of carbonyl (C=O) groups is 1. The summed E-state index contributed by atoms with van der Waals surface area (Å²) in [6.07, 6.45) is 3.41. The summed E-state index contributed by atoms with van der Waals surface area (Å²) in [6, 6.07) is 0.